The summed E-state index contributed by atoms with van der Waals surface area (Å²) < 4.78 is 46.1. The summed E-state index contributed by atoms with van der Waals surface area (Å²) in [4.78, 5) is 0. The fraction of sp³-hybridized carbons (Fsp3) is 1.00. The van der Waals surface area contributed by atoms with Crippen molar-refractivity contribution in [2.45, 2.75) is 0 Å². The van der Waals surface area contributed by atoms with Crippen molar-refractivity contribution in [2.24, 2.45) is 0 Å². The minimum atomic E-state index is -5.67. The lowest BCUT2D eigenvalue weighted by Gasteiger charge is -1.57. The molecule has 0 spiro atoms. The highest BCUT2D eigenvalue weighted by Gasteiger charge is 1.94. The highest BCUT2D eigenvalue weighted by atomic mass is 32.3. The summed E-state index contributed by atoms with van der Waals surface area (Å²) in [7, 11) is -5.17. The lowest BCUT2D eigenvalue weighted by molar-refractivity contribution is 0.501. The minimum Gasteiger partial charge on any atom is -0.255 e. The summed E-state index contributed by atoms with van der Waals surface area (Å²) in [6.45, 7) is 0. The summed E-state index contributed by atoms with van der Waals surface area (Å²) in [5, 5.41) is 0. The zero-order valence-electron chi connectivity index (χ0n) is 3.36. The highest BCUT2D eigenvalue weighted by molar-refractivity contribution is 7.81. The molecule has 0 unspecified atom stereocenters. The Balaban J connectivity index is 0. The molecule has 0 aliphatic heterocycles. The highest BCUT2D eigenvalue weighted by Crippen LogP contribution is 1.85. The molecule has 0 radical (unpaired) electrons. The third-order valence-electron chi connectivity index (χ3n) is 0. The lowest BCUT2D eigenvalue weighted by Crippen LogP contribution is -1.69. The molecule has 0 fully saturated rings. The van der Waals surface area contributed by atoms with E-state index in [9.17, 15) is 12.2 Å². The predicted octanol–water partition coefficient (Wildman–Crippen LogP) is 0.756. The van der Waals surface area contributed by atoms with Crippen molar-refractivity contribution in [3.63, 3.8) is 0 Å². The number of hydrogen-bond donors (Lipinski definition) is 0. The van der Waals surface area contributed by atoms with E-state index in [0.717, 1.165) is 0 Å². The first-order valence-corrected chi connectivity index (χ1v) is 2.30. The molecule has 2 nitrogen and oxygen atoms in total. The Morgan fingerprint density at radius 2 is 1.14 bits per heavy atom. The monoisotopic (exact) mass is 136 g/mol. The van der Waals surface area contributed by atoms with E-state index in [1.54, 1.807) is 0 Å². The Kier molecular flexibility index (Phi) is 5.53. The van der Waals surface area contributed by atoms with Gasteiger partial charge in [-0.15, -0.1) is 0 Å². The van der Waals surface area contributed by atoms with Crippen LogP contribution in [0.4, 0.5) is 12.2 Å². The fourth-order valence-corrected chi connectivity index (χ4v) is 0. The van der Waals surface area contributed by atoms with Crippen LogP contribution in [-0.2, 0) is 10.6 Å². The number of alkyl halides is 1. The number of rotatable bonds is 0. The van der Waals surface area contributed by atoms with Gasteiger partial charge >= 0.3 is 10.6 Å². The second-order valence-corrected chi connectivity index (χ2v) is 1.14. The second kappa shape index (κ2) is 3.91. The van der Waals surface area contributed by atoms with Crippen molar-refractivity contribution in [1.29, 1.82) is 0 Å². The van der Waals surface area contributed by atoms with Crippen LogP contribution in [0, 0.1) is 0 Å². The fourth-order valence-electron chi connectivity index (χ4n) is 0. The molecule has 0 saturated heterocycles. The van der Waals surface area contributed by atoms with Gasteiger partial charge in [-0.3, -0.25) is 4.39 Å². The molecule has 0 atom stereocenters. The van der Waals surface area contributed by atoms with Gasteiger partial charge in [0.15, 0.2) is 0 Å². The number of hydrogen-bond acceptors (Lipinski definition) is 2. The third kappa shape index (κ3) is 1190. The van der Waals surface area contributed by atoms with E-state index in [4.69, 9.17) is 8.42 Å². The lowest BCUT2D eigenvalue weighted by atomic mass is 11.9. The molecule has 0 amide bonds. The van der Waals surface area contributed by atoms with Gasteiger partial charge in [0.2, 0.25) is 0 Å². The summed E-state index contributed by atoms with van der Waals surface area (Å²) >= 11 is 0. The van der Waals surface area contributed by atoms with Crippen LogP contribution in [0.25, 0.3) is 0 Å². The normalized spacial score (nSPS) is 9.14. The average Bonchev–Trinajstić information content (AvgIpc) is 1.36. The zero-order valence-corrected chi connectivity index (χ0v) is 4.18. The summed E-state index contributed by atoms with van der Waals surface area (Å²) in [6, 6.07) is 0. The molecule has 0 bridgehead atoms. The second-order valence-electron chi connectivity index (χ2n) is 0.378. The quantitative estimate of drug-likeness (QED) is 0.460. The molecule has 0 aromatic carbocycles. The van der Waals surface area contributed by atoms with E-state index in [0.29, 0.717) is 7.18 Å². The molecule has 0 heterocycles. The van der Waals surface area contributed by atoms with E-state index in [1.807, 2.05) is 0 Å². The van der Waals surface area contributed by atoms with Crippen molar-refractivity contribution in [3.8, 4) is 0 Å². The Labute approximate surface area is 39.5 Å². The Morgan fingerprint density at radius 1 is 1.14 bits per heavy atom. The van der Waals surface area contributed by atoms with Crippen LogP contribution >= 0.6 is 0 Å². The van der Waals surface area contributed by atoms with Crippen LogP contribution in [0.1, 0.15) is 0 Å². The zero-order chi connectivity index (χ0) is 6.50. The first kappa shape index (κ1) is 9.88. The van der Waals surface area contributed by atoms with Crippen molar-refractivity contribution in [2.75, 3.05) is 7.18 Å². The maximum atomic E-state index is 9.99. The molecule has 46 valence electrons. The van der Waals surface area contributed by atoms with E-state index >= 15 is 0 Å². The first-order valence-electron chi connectivity index (χ1n) is 1.02. The maximum absolute atomic E-state index is 9.99. The molecule has 0 aromatic rings. The van der Waals surface area contributed by atoms with E-state index in [2.05, 4.69) is 0 Å². The van der Waals surface area contributed by atoms with Crippen LogP contribution in [0.5, 0.6) is 0 Å². The van der Waals surface area contributed by atoms with Gasteiger partial charge in [0.1, 0.15) is 0 Å². The van der Waals surface area contributed by atoms with Gasteiger partial charge in [0.25, 0.3) is 0 Å². The van der Waals surface area contributed by atoms with Crippen LogP contribution in [0.3, 0.4) is 0 Å². The van der Waals surface area contributed by atoms with E-state index < -0.39 is 10.6 Å². The van der Waals surface area contributed by atoms with Gasteiger partial charge in [0, 0.05) is 0 Å². The standard InChI is InChI=1S/CH3F.F2O2S/c1-2;1-5(2,3)4/h1H3;. The average molecular weight is 136 g/mol. The van der Waals surface area contributed by atoms with Crippen molar-refractivity contribution in [1.82, 2.24) is 0 Å². The number of halogens is 3. The van der Waals surface area contributed by atoms with E-state index in [1.165, 1.54) is 0 Å². The third-order valence-corrected chi connectivity index (χ3v) is 0. The molecular formula is CH3F3O2S. The topological polar surface area (TPSA) is 34.1 Å². The van der Waals surface area contributed by atoms with E-state index in [-0.39, 0.29) is 0 Å². The van der Waals surface area contributed by atoms with Gasteiger partial charge in [-0.05, 0) is 0 Å². The Hall–Kier alpha value is -0.260. The van der Waals surface area contributed by atoms with Crippen LogP contribution in [0.2, 0.25) is 0 Å². The molecule has 6 heteroatoms. The SMILES string of the molecule is CF.O=S(=O)(F)F. The molecule has 0 N–H and O–H groups in total. The first-order chi connectivity index (χ1) is 3.00. The summed E-state index contributed by atoms with van der Waals surface area (Å²) in [6.07, 6.45) is 0. The van der Waals surface area contributed by atoms with Gasteiger partial charge < -0.3 is 0 Å². The molecule has 0 rings (SSSR count). The predicted molar refractivity (Wildman–Crippen MR) is 18.2 cm³/mol. The Morgan fingerprint density at radius 3 is 1.14 bits per heavy atom. The van der Waals surface area contributed by atoms with Gasteiger partial charge in [-0.25, -0.2) is 0 Å². The maximum Gasteiger partial charge on any atom is 0.476 e. The van der Waals surface area contributed by atoms with Crippen molar-refractivity contribution >= 4 is 10.6 Å². The van der Waals surface area contributed by atoms with Gasteiger partial charge in [0.05, 0.1) is 7.18 Å². The largest absolute Gasteiger partial charge is 0.476 e. The van der Waals surface area contributed by atoms with Crippen molar-refractivity contribution in [3.05, 3.63) is 0 Å². The summed E-state index contributed by atoms with van der Waals surface area (Å²) in [5.74, 6) is 0. The summed E-state index contributed by atoms with van der Waals surface area (Å²) in [5.41, 5.74) is 0. The van der Waals surface area contributed by atoms with Crippen LogP contribution in [0.15, 0.2) is 0 Å². The molecule has 0 aromatic heterocycles. The molecule has 0 saturated carbocycles. The van der Waals surface area contributed by atoms with Crippen LogP contribution in [-0.4, -0.2) is 15.6 Å². The van der Waals surface area contributed by atoms with Gasteiger partial charge in [-0.2, -0.15) is 8.42 Å². The van der Waals surface area contributed by atoms with Crippen molar-refractivity contribution < 1.29 is 20.6 Å². The van der Waals surface area contributed by atoms with Gasteiger partial charge in [-0.1, -0.05) is 7.77 Å². The Bertz CT molecular complexity index is 96.1. The molecule has 0 aliphatic carbocycles. The van der Waals surface area contributed by atoms with Crippen LogP contribution < -0.4 is 0 Å². The molecule has 7 heavy (non-hydrogen) atoms. The minimum absolute atomic E-state index is 0.500. The molecule has 0 aliphatic rings. The smallest absolute Gasteiger partial charge is 0.255 e. The molecular weight excluding hydrogens is 133 g/mol.